The van der Waals surface area contributed by atoms with Gasteiger partial charge in [-0.05, 0) is 61.1 Å². The van der Waals surface area contributed by atoms with Gasteiger partial charge in [-0.15, -0.1) is 0 Å². The molecular formula is C24H25F3N4O4S. The van der Waals surface area contributed by atoms with Crippen LogP contribution in [0.1, 0.15) is 24.1 Å². The number of esters is 1. The molecule has 0 fully saturated rings. The van der Waals surface area contributed by atoms with E-state index in [1.54, 1.807) is 43.1 Å². The number of nitrogens with one attached hydrogen (secondary N) is 3. The number of methoxy groups -OCH3 is 1. The highest BCUT2D eigenvalue weighted by Gasteiger charge is 2.33. The summed E-state index contributed by atoms with van der Waals surface area (Å²) in [6.45, 7) is 2.14. The van der Waals surface area contributed by atoms with Gasteiger partial charge in [0, 0.05) is 31.2 Å². The fourth-order valence-electron chi connectivity index (χ4n) is 3.44. The number of ether oxygens (including phenoxy) is 2. The summed E-state index contributed by atoms with van der Waals surface area (Å²) < 4.78 is 48.3. The van der Waals surface area contributed by atoms with E-state index in [0.29, 0.717) is 27.6 Å². The summed E-state index contributed by atoms with van der Waals surface area (Å²) in [5, 5.41) is 8.66. The molecule has 0 saturated heterocycles. The van der Waals surface area contributed by atoms with Gasteiger partial charge in [-0.25, -0.2) is 9.59 Å². The van der Waals surface area contributed by atoms with E-state index in [0.717, 1.165) is 12.1 Å². The van der Waals surface area contributed by atoms with Crippen LogP contribution in [-0.4, -0.2) is 49.4 Å². The zero-order valence-electron chi connectivity index (χ0n) is 19.7. The molecule has 0 aliphatic carbocycles. The number of carbonyl (C=O) groups is 2. The molecule has 36 heavy (non-hydrogen) atoms. The van der Waals surface area contributed by atoms with E-state index < -0.39 is 29.8 Å². The number of urea groups is 1. The van der Waals surface area contributed by atoms with Crippen molar-refractivity contribution in [1.82, 2.24) is 10.2 Å². The summed E-state index contributed by atoms with van der Waals surface area (Å²) in [5.41, 5.74) is 1.57. The van der Waals surface area contributed by atoms with Crippen LogP contribution in [0.25, 0.3) is 0 Å². The molecule has 192 valence electrons. The molecule has 8 nitrogen and oxygen atoms in total. The second-order valence-electron chi connectivity index (χ2n) is 7.85. The molecule has 1 unspecified atom stereocenters. The second kappa shape index (κ2) is 11.4. The lowest BCUT2D eigenvalue weighted by molar-refractivity contribution is -0.141. The number of thiocarbonyl (C=S) groups is 1. The third-order valence-corrected chi connectivity index (χ3v) is 5.86. The number of rotatable bonds is 7. The molecule has 0 bridgehead atoms. The molecular weight excluding hydrogens is 497 g/mol. The third-order valence-electron chi connectivity index (χ3n) is 5.47. The molecule has 2 amide bonds. The third kappa shape index (κ3) is 6.52. The SMILES string of the molecule is COCCOC(=O)C1=C(C)N(C)C(=S)NC1c1ccc(NC(=O)Nc2ccc(C(F)(F)F)cc2)cc1. The van der Waals surface area contributed by atoms with E-state index in [1.807, 2.05) is 0 Å². The van der Waals surface area contributed by atoms with Crippen molar-refractivity contribution in [1.29, 1.82) is 0 Å². The summed E-state index contributed by atoms with van der Waals surface area (Å²) in [6, 6.07) is 9.61. The number of hydrogen-bond acceptors (Lipinski definition) is 5. The van der Waals surface area contributed by atoms with Gasteiger partial charge in [0.2, 0.25) is 0 Å². The summed E-state index contributed by atoms with van der Waals surface area (Å²) >= 11 is 5.38. The number of hydrogen-bond donors (Lipinski definition) is 3. The highest BCUT2D eigenvalue weighted by molar-refractivity contribution is 7.80. The number of carbonyl (C=O) groups excluding carboxylic acids is 2. The Morgan fingerprint density at radius 2 is 1.58 bits per heavy atom. The first-order valence-corrected chi connectivity index (χ1v) is 11.2. The molecule has 0 spiro atoms. The Balaban J connectivity index is 1.71. The van der Waals surface area contributed by atoms with Crippen molar-refractivity contribution < 1.29 is 32.2 Å². The van der Waals surface area contributed by atoms with Gasteiger partial charge in [0.05, 0.1) is 23.8 Å². The minimum atomic E-state index is -4.46. The monoisotopic (exact) mass is 522 g/mol. The topological polar surface area (TPSA) is 91.9 Å². The maximum atomic E-state index is 12.8. The number of benzene rings is 2. The molecule has 1 aliphatic rings. The van der Waals surface area contributed by atoms with E-state index in [9.17, 15) is 22.8 Å². The Hall–Kier alpha value is -3.64. The number of amides is 2. The summed E-state index contributed by atoms with van der Waals surface area (Å²) in [5.74, 6) is -0.505. The van der Waals surface area contributed by atoms with Gasteiger partial charge in [0.1, 0.15) is 6.61 Å². The molecule has 0 aromatic heterocycles. The molecule has 1 atom stereocenters. The molecule has 1 aliphatic heterocycles. The molecule has 1 heterocycles. The van der Waals surface area contributed by atoms with Crippen LogP contribution in [0.3, 0.4) is 0 Å². The lowest BCUT2D eigenvalue weighted by Crippen LogP contribution is -2.46. The van der Waals surface area contributed by atoms with Crippen molar-refractivity contribution in [3.05, 3.63) is 70.9 Å². The molecule has 2 aromatic carbocycles. The van der Waals surface area contributed by atoms with Gasteiger partial charge in [-0.1, -0.05) is 12.1 Å². The molecule has 0 saturated carbocycles. The molecule has 2 aromatic rings. The Labute approximate surface area is 211 Å². The number of allylic oxidation sites excluding steroid dienone is 1. The zero-order valence-corrected chi connectivity index (χ0v) is 20.5. The van der Waals surface area contributed by atoms with Crippen LogP contribution in [0.2, 0.25) is 0 Å². The first-order chi connectivity index (χ1) is 17.0. The van der Waals surface area contributed by atoms with Crippen molar-refractivity contribution in [3.8, 4) is 0 Å². The molecule has 3 rings (SSSR count). The minimum absolute atomic E-state index is 0.101. The highest BCUT2D eigenvalue weighted by Crippen LogP contribution is 2.32. The highest BCUT2D eigenvalue weighted by atomic mass is 32.1. The summed E-state index contributed by atoms with van der Waals surface area (Å²) in [4.78, 5) is 26.8. The maximum Gasteiger partial charge on any atom is 0.416 e. The lowest BCUT2D eigenvalue weighted by atomic mass is 9.95. The second-order valence-corrected chi connectivity index (χ2v) is 8.23. The van der Waals surface area contributed by atoms with Crippen LogP contribution in [0, 0.1) is 0 Å². The van der Waals surface area contributed by atoms with Crippen LogP contribution in [-0.2, 0) is 20.4 Å². The average molecular weight is 523 g/mol. The summed E-state index contributed by atoms with van der Waals surface area (Å²) in [7, 11) is 3.25. The van der Waals surface area contributed by atoms with Crippen LogP contribution >= 0.6 is 12.2 Å². The Kier molecular flexibility index (Phi) is 8.53. The van der Waals surface area contributed by atoms with Gasteiger partial charge in [-0.3, -0.25) is 0 Å². The first-order valence-electron chi connectivity index (χ1n) is 10.8. The Bertz CT molecular complexity index is 1150. The van der Waals surface area contributed by atoms with E-state index >= 15 is 0 Å². The van der Waals surface area contributed by atoms with Crippen LogP contribution in [0.4, 0.5) is 29.3 Å². The van der Waals surface area contributed by atoms with Crippen molar-refractivity contribution in [3.63, 3.8) is 0 Å². The fourth-order valence-corrected chi connectivity index (χ4v) is 3.70. The molecule has 12 heteroatoms. The fraction of sp³-hybridized carbons (Fsp3) is 0.292. The van der Waals surface area contributed by atoms with Gasteiger partial charge < -0.3 is 30.3 Å². The van der Waals surface area contributed by atoms with Crippen LogP contribution in [0.5, 0.6) is 0 Å². The predicted molar refractivity (Wildman–Crippen MR) is 132 cm³/mol. The average Bonchev–Trinajstić information content (AvgIpc) is 2.82. The summed E-state index contributed by atoms with van der Waals surface area (Å²) in [6.07, 6.45) is -4.46. The zero-order chi connectivity index (χ0) is 26.5. The Morgan fingerprint density at radius 1 is 1.03 bits per heavy atom. The number of alkyl halides is 3. The normalized spacial score (nSPS) is 15.9. The smallest absolute Gasteiger partial charge is 0.416 e. The number of anilines is 2. The largest absolute Gasteiger partial charge is 0.460 e. The Morgan fingerprint density at radius 3 is 2.11 bits per heavy atom. The quantitative estimate of drug-likeness (QED) is 0.276. The predicted octanol–water partition coefficient (Wildman–Crippen LogP) is 4.67. The number of halogens is 3. The van der Waals surface area contributed by atoms with E-state index in [4.69, 9.17) is 21.7 Å². The van der Waals surface area contributed by atoms with Gasteiger partial charge in [-0.2, -0.15) is 13.2 Å². The van der Waals surface area contributed by atoms with Crippen LogP contribution < -0.4 is 16.0 Å². The minimum Gasteiger partial charge on any atom is -0.460 e. The molecule has 3 N–H and O–H groups in total. The maximum absolute atomic E-state index is 12.8. The lowest BCUT2D eigenvalue weighted by Gasteiger charge is -2.35. The van der Waals surface area contributed by atoms with E-state index in [2.05, 4.69) is 16.0 Å². The van der Waals surface area contributed by atoms with Crippen molar-refractivity contribution in [2.45, 2.75) is 19.1 Å². The standard InChI is InChI=1S/C24H25F3N4O4S/c1-14-19(21(32)35-13-12-34-3)20(30-23(36)31(14)2)15-4-8-17(9-5-15)28-22(33)29-18-10-6-16(7-11-18)24(25,26)27/h4-11,20H,12-13H2,1-3H3,(H,30,36)(H2,28,29,33). The first kappa shape index (κ1) is 27.0. The van der Waals surface area contributed by atoms with E-state index in [-0.39, 0.29) is 18.9 Å². The van der Waals surface area contributed by atoms with Crippen LogP contribution in [0.15, 0.2) is 59.8 Å². The van der Waals surface area contributed by atoms with Gasteiger partial charge in [0.15, 0.2) is 5.11 Å². The van der Waals surface area contributed by atoms with Crippen molar-refractivity contribution >= 4 is 40.7 Å². The van der Waals surface area contributed by atoms with Gasteiger partial charge in [0.25, 0.3) is 0 Å². The van der Waals surface area contributed by atoms with Crippen molar-refractivity contribution in [2.75, 3.05) is 38.0 Å². The van der Waals surface area contributed by atoms with Gasteiger partial charge >= 0.3 is 18.2 Å². The molecule has 0 radical (unpaired) electrons. The number of nitrogens with zero attached hydrogens (tertiary/aromatic N) is 1. The van der Waals surface area contributed by atoms with Crippen molar-refractivity contribution in [2.24, 2.45) is 0 Å². The van der Waals surface area contributed by atoms with E-state index in [1.165, 1.54) is 19.2 Å².